The van der Waals surface area contributed by atoms with Crippen molar-refractivity contribution >= 4 is 41.3 Å². The summed E-state index contributed by atoms with van der Waals surface area (Å²) in [7, 11) is 0. The van der Waals surface area contributed by atoms with Crippen molar-refractivity contribution in [2.75, 3.05) is 39.3 Å². The number of halogens is 1. The molecule has 1 heterocycles. The normalized spacial score (nSPS) is 13.8. The molecule has 11 heteroatoms. The average molecular weight is 599 g/mol. The minimum atomic E-state index is -1.26. The van der Waals surface area contributed by atoms with Gasteiger partial charge in [0.1, 0.15) is 12.4 Å². The third-order valence-corrected chi connectivity index (χ3v) is 7.33. The summed E-state index contributed by atoms with van der Waals surface area (Å²) >= 11 is 7.41. The fourth-order valence-corrected chi connectivity index (χ4v) is 4.98. The van der Waals surface area contributed by atoms with Crippen LogP contribution in [0.2, 0.25) is 5.02 Å². The Morgan fingerprint density at radius 2 is 1.39 bits per heavy atom. The van der Waals surface area contributed by atoms with E-state index >= 15 is 0 Å². The number of rotatable bonds is 11. The Balaban J connectivity index is 0.000000507. The topological polar surface area (TPSA) is 128 Å². The number of carboxylic acids is 3. The highest BCUT2D eigenvalue weighted by Gasteiger charge is 2.17. The van der Waals surface area contributed by atoms with Crippen molar-refractivity contribution in [3.63, 3.8) is 0 Å². The molecule has 0 atom stereocenters. The lowest BCUT2D eigenvalue weighted by atomic mass is 10.2. The number of aromatic carboxylic acids is 1. The second-order valence-electron chi connectivity index (χ2n) is 8.98. The van der Waals surface area contributed by atoms with Crippen LogP contribution in [0.15, 0.2) is 94.7 Å². The summed E-state index contributed by atoms with van der Waals surface area (Å²) in [6.07, 6.45) is 1.12. The molecule has 0 bridgehead atoms. The number of hydrogen-bond donors (Lipinski definition) is 3. The predicted octanol–water partition coefficient (Wildman–Crippen LogP) is 5.10. The van der Waals surface area contributed by atoms with E-state index in [1.165, 1.54) is 17.3 Å². The zero-order valence-electron chi connectivity index (χ0n) is 22.2. The van der Waals surface area contributed by atoms with Crippen LogP contribution in [-0.2, 0) is 16.1 Å². The smallest absolute Gasteiger partial charge is 0.336 e. The van der Waals surface area contributed by atoms with E-state index in [9.17, 15) is 19.5 Å². The molecule has 1 aliphatic heterocycles. The summed E-state index contributed by atoms with van der Waals surface area (Å²) in [5.74, 6) is -2.60. The second kappa shape index (κ2) is 16.4. The predicted molar refractivity (Wildman–Crippen MR) is 157 cm³/mol. The van der Waals surface area contributed by atoms with Gasteiger partial charge in [-0.1, -0.05) is 47.6 Å². The van der Waals surface area contributed by atoms with Crippen molar-refractivity contribution in [2.24, 2.45) is 0 Å². The van der Waals surface area contributed by atoms with E-state index in [0.717, 1.165) is 59.8 Å². The lowest BCUT2D eigenvalue weighted by Gasteiger charge is -2.34. The number of nitrogens with zero attached hydrogens (tertiary/aromatic N) is 2. The monoisotopic (exact) mass is 598 g/mol. The number of aliphatic carboxylic acids is 2. The minimum Gasteiger partial charge on any atom is -0.492 e. The van der Waals surface area contributed by atoms with Crippen LogP contribution in [0.1, 0.15) is 15.9 Å². The maximum absolute atomic E-state index is 11.4. The van der Waals surface area contributed by atoms with Crippen LogP contribution >= 0.6 is 23.4 Å². The first-order chi connectivity index (χ1) is 19.7. The molecule has 0 radical (unpaired) electrons. The number of ether oxygens (including phenoxy) is 1. The van der Waals surface area contributed by atoms with Crippen molar-refractivity contribution < 1.29 is 34.4 Å². The summed E-state index contributed by atoms with van der Waals surface area (Å²) in [6, 6.07) is 22.9. The Morgan fingerprint density at radius 3 is 1.98 bits per heavy atom. The van der Waals surface area contributed by atoms with E-state index in [-0.39, 0.29) is 0 Å². The summed E-state index contributed by atoms with van der Waals surface area (Å²) in [4.78, 5) is 37.1. The first-order valence-corrected chi connectivity index (χ1v) is 13.9. The van der Waals surface area contributed by atoms with Gasteiger partial charge in [-0.15, -0.1) is 0 Å². The molecule has 1 fully saturated rings. The first kappa shape index (κ1) is 31.7. The maximum atomic E-state index is 11.4. The quantitative estimate of drug-likeness (QED) is 0.257. The molecule has 41 heavy (non-hydrogen) atoms. The Kier molecular flexibility index (Phi) is 12.7. The fraction of sp³-hybridized carbons (Fsp3) is 0.233. The van der Waals surface area contributed by atoms with Gasteiger partial charge in [-0.2, -0.15) is 0 Å². The molecule has 3 aromatic carbocycles. The molecule has 0 spiro atoms. The van der Waals surface area contributed by atoms with Gasteiger partial charge in [0, 0.05) is 66.2 Å². The Labute approximate surface area is 247 Å². The highest BCUT2D eigenvalue weighted by Crippen LogP contribution is 2.31. The highest BCUT2D eigenvalue weighted by atomic mass is 35.5. The number of hydrogen-bond acceptors (Lipinski definition) is 7. The van der Waals surface area contributed by atoms with Gasteiger partial charge in [0.25, 0.3) is 0 Å². The van der Waals surface area contributed by atoms with Gasteiger partial charge in [0.05, 0.1) is 5.56 Å². The molecule has 3 N–H and O–H groups in total. The van der Waals surface area contributed by atoms with Crippen LogP contribution in [0.3, 0.4) is 0 Å². The van der Waals surface area contributed by atoms with Gasteiger partial charge in [-0.3, -0.25) is 9.80 Å². The summed E-state index contributed by atoms with van der Waals surface area (Å²) in [5.41, 5.74) is 1.61. The Morgan fingerprint density at radius 1 is 0.805 bits per heavy atom. The van der Waals surface area contributed by atoms with E-state index in [2.05, 4.69) is 21.9 Å². The van der Waals surface area contributed by atoms with E-state index in [1.54, 1.807) is 12.1 Å². The van der Waals surface area contributed by atoms with Crippen molar-refractivity contribution in [3.8, 4) is 5.75 Å². The van der Waals surface area contributed by atoms with Crippen molar-refractivity contribution in [2.45, 2.75) is 16.3 Å². The molecule has 216 valence electrons. The third-order valence-electron chi connectivity index (χ3n) is 6.00. The average Bonchev–Trinajstić information content (AvgIpc) is 2.95. The molecule has 3 aromatic rings. The molecule has 0 unspecified atom stereocenters. The molecule has 0 saturated carbocycles. The number of carbonyl (C=O) groups is 3. The molecule has 1 aliphatic rings. The van der Waals surface area contributed by atoms with Crippen molar-refractivity contribution in [1.29, 1.82) is 0 Å². The van der Waals surface area contributed by atoms with Crippen molar-refractivity contribution in [3.05, 3.63) is 101 Å². The van der Waals surface area contributed by atoms with Gasteiger partial charge >= 0.3 is 17.9 Å². The minimum absolute atomic E-state index is 0.316. The largest absolute Gasteiger partial charge is 0.492 e. The van der Waals surface area contributed by atoms with Crippen LogP contribution in [0.25, 0.3) is 0 Å². The molecular formula is C30H31ClN2O7S. The molecule has 0 aliphatic carbocycles. The second-order valence-corrected chi connectivity index (χ2v) is 10.5. The van der Waals surface area contributed by atoms with Crippen molar-refractivity contribution in [1.82, 2.24) is 9.80 Å². The zero-order chi connectivity index (χ0) is 29.6. The summed E-state index contributed by atoms with van der Waals surface area (Å²) in [5, 5.41) is 25.7. The van der Waals surface area contributed by atoms with E-state index < -0.39 is 17.9 Å². The Bertz CT molecular complexity index is 1310. The van der Waals surface area contributed by atoms with Gasteiger partial charge in [0.15, 0.2) is 0 Å². The molecule has 0 aromatic heterocycles. The van der Waals surface area contributed by atoms with Gasteiger partial charge in [0.2, 0.25) is 0 Å². The number of benzene rings is 3. The third kappa shape index (κ3) is 11.7. The standard InChI is InChI=1S/C26H27ClN2O3S.C4H4O4/c27-21-7-5-20(6-8-21)19-29-15-13-28(14-16-29)17-18-32-22-9-11-23(12-10-22)33-25-4-2-1-3-24(25)26(30)31;5-3(6)1-2-4(7)8/h1-12H,13-19H2,(H,30,31);1-2H,(H,5,6)(H,7,8)/b;2-1-. The van der Waals surface area contributed by atoms with Crippen LogP contribution < -0.4 is 4.74 Å². The summed E-state index contributed by atoms with van der Waals surface area (Å²) in [6.45, 7) is 6.68. The fourth-order valence-electron chi connectivity index (χ4n) is 3.92. The van der Waals surface area contributed by atoms with Gasteiger partial charge in [-0.05, 0) is 54.1 Å². The van der Waals surface area contributed by atoms with E-state index in [0.29, 0.717) is 24.3 Å². The number of carboxylic acid groups (broad SMARTS) is 3. The maximum Gasteiger partial charge on any atom is 0.336 e. The molecular weight excluding hydrogens is 568 g/mol. The molecule has 1 saturated heterocycles. The lowest BCUT2D eigenvalue weighted by molar-refractivity contribution is -0.134. The lowest BCUT2D eigenvalue weighted by Crippen LogP contribution is -2.47. The first-order valence-electron chi connectivity index (χ1n) is 12.8. The highest BCUT2D eigenvalue weighted by molar-refractivity contribution is 7.99. The van der Waals surface area contributed by atoms with E-state index in [4.69, 9.17) is 26.6 Å². The summed E-state index contributed by atoms with van der Waals surface area (Å²) < 4.78 is 5.94. The molecule has 9 nitrogen and oxygen atoms in total. The van der Waals surface area contributed by atoms with Crippen LogP contribution in [0.4, 0.5) is 0 Å². The Hall–Kier alpha value is -3.83. The van der Waals surface area contributed by atoms with Gasteiger partial charge in [-0.25, -0.2) is 14.4 Å². The van der Waals surface area contributed by atoms with Crippen LogP contribution in [0, 0.1) is 0 Å². The van der Waals surface area contributed by atoms with E-state index in [1.807, 2.05) is 48.5 Å². The van der Waals surface area contributed by atoms with Crippen LogP contribution in [-0.4, -0.2) is 82.4 Å². The van der Waals surface area contributed by atoms with Crippen LogP contribution in [0.5, 0.6) is 5.75 Å². The molecule has 0 amide bonds. The van der Waals surface area contributed by atoms with Gasteiger partial charge < -0.3 is 20.1 Å². The SMILES string of the molecule is O=C(O)/C=C\C(=O)O.O=C(O)c1ccccc1Sc1ccc(OCCN2CCN(Cc3ccc(Cl)cc3)CC2)cc1. The molecule has 4 rings (SSSR count). The zero-order valence-corrected chi connectivity index (χ0v) is 23.8. The number of piperazine rings is 1.